The molecule has 2 amide bonds. The Morgan fingerprint density at radius 3 is 2.62 bits per heavy atom. The summed E-state index contributed by atoms with van der Waals surface area (Å²) in [5.41, 5.74) is 0. The van der Waals surface area contributed by atoms with Crippen molar-refractivity contribution in [1.29, 1.82) is 0 Å². The van der Waals surface area contributed by atoms with E-state index in [-0.39, 0.29) is 17.7 Å². The first kappa shape index (κ1) is 14.1. The maximum atomic E-state index is 11.9. The molecule has 0 aromatic carbocycles. The molecule has 21 heavy (non-hydrogen) atoms. The van der Waals surface area contributed by atoms with Crippen LogP contribution < -0.4 is 5.32 Å². The monoisotopic (exact) mass is 292 g/mol. The molecule has 1 aliphatic heterocycles. The van der Waals surface area contributed by atoms with Crippen LogP contribution in [0.3, 0.4) is 0 Å². The van der Waals surface area contributed by atoms with Crippen LogP contribution in [0.5, 0.6) is 0 Å². The van der Waals surface area contributed by atoms with Crippen molar-refractivity contribution >= 4 is 17.6 Å². The molecular weight excluding hydrogens is 272 g/mol. The number of piperazine rings is 1. The molecule has 2 aliphatic rings. The normalized spacial score (nSPS) is 19.6. The van der Waals surface area contributed by atoms with Crippen molar-refractivity contribution < 1.29 is 14.1 Å². The van der Waals surface area contributed by atoms with Gasteiger partial charge in [-0.2, -0.15) is 0 Å². The molecule has 0 spiro atoms. The molecule has 1 aromatic heterocycles. The van der Waals surface area contributed by atoms with E-state index >= 15 is 0 Å². The fraction of sp³-hybridized carbons (Fsp3) is 0.643. The minimum absolute atomic E-state index is 0.106. The second kappa shape index (κ2) is 5.85. The molecule has 2 fully saturated rings. The molecule has 0 radical (unpaired) electrons. The summed E-state index contributed by atoms with van der Waals surface area (Å²) in [7, 11) is 0. The van der Waals surface area contributed by atoms with E-state index < -0.39 is 0 Å². The number of carbonyl (C=O) groups is 2. The summed E-state index contributed by atoms with van der Waals surface area (Å²) in [5.74, 6) is 1.57. The maximum absolute atomic E-state index is 11.9. The Hall–Kier alpha value is -1.89. The highest BCUT2D eigenvalue weighted by Crippen LogP contribution is 2.31. The predicted octanol–water partition coefficient (Wildman–Crippen LogP) is 0.476. The summed E-state index contributed by atoms with van der Waals surface area (Å²) in [6.45, 7) is 5.00. The molecule has 0 atom stereocenters. The summed E-state index contributed by atoms with van der Waals surface area (Å²) in [6.07, 6.45) is 2.08. The number of hydrogen-bond donors (Lipinski definition) is 1. The Morgan fingerprint density at radius 1 is 1.33 bits per heavy atom. The molecule has 3 rings (SSSR count). The van der Waals surface area contributed by atoms with E-state index in [1.165, 1.54) is 0 Å². The highest BCUT2D eigenvalue weighted by Gasteiger charge is 2.34. The van der Waals surface area contributed by atoms with Gasteiger partial charge >= 0.3 is 0 Å². The quantitative estimate of drug-likeness (QED) is 0.873. The van der Waals surface area contributed by atoms with Gasteiger partial charge in [0.2, 0.25) is 11.8 Å². The van der Waals surface area contributed by atoms with Crippen molar-refractivity contribution in [2.24, 2.45) is 5.92 Å². The van der Waals surface area contributed by atoms with E-state index in [0.29, 0.717) is 31.2 Å². The van der Waals surface area contributed by atoms with Crippen LogP contribution in [0.2, 0.25) is 0 Å². The van der Waals surface area contributed by atoms with Crippen LogP contribution in [0.4, 0.5) is 5.82 Å². The number of anilines is 1. The Bertz CT molecular complexity index is 530. The van der Waals surface area contributed by atoms with Crippen LogP contribution in [0, 0.1) is 12.8 Å². The molecule has 7 nitrogen and oxygen atoms in total. The average Bonchev–Trinajstić information content (AvgIpc) is 3.23. The average molecular weight is 292 g/mol. The molecule has 1 N–H and O–H groups in total. The van der Waals surface area contributed by atoms with Gasteiger partial charge in [-0.3, -0.25) is 14.5 Å². The fourth-order valence-corrected chi connectivity index (χ4v) is 2.53. The van der Waals surface area contributed by atoms with E-state index in [1.54, 1.807) is 13.0 Å². The van der Waals surface area contributed by atoms with Gasteiger partial charge in [0.1, 0.15) is 5.76 Å². The number of carbonyl (C=O) groups excluding carboxylic acids is 2. The Balaban J connectivity index is 1.42. The summed E-state index contributed by atoms with van der Waals surface area (Å²) in [5, 5.41) is 6.44. The minimum atomic E-state index is -0.106. The molecule has 114 valence electrons. The number of aryl methyl sites for hydroxylation is 1. The summed E-state index contributed by atoms with van der Waals surface area (Å²) < 4.78 is 4.90. The Labute approximate surface area is 123 Å². The number of rotatable bonds is 4. The largest absolute Gasteiger partial charge is 0.360 e. The van der Waals surface area contributed by atoms with Gasteiger partial charge in [0.05, 0.1) is 6.54 Å². The number of nitrogens with one attached hydrogen (secondary N) is 1. The van der Waals surface area contributed by atoms with Gasteiger partial charge in [-0.25, -0.2) is 0 Å². The fourth-order valence-electron chi connectivity index (χ4n) is 2.53. The lowest BCUT2D eigenvalue weighted by Crippen LogP contribution is -2.50. The highest BCUT2D eigenvalue weighted by atomic mass is 16.5. The van der Waals surface area contributed by atoms with Gasteiger partial charge in [-0.1, -0.05) is 5.16 Å². The van der Waals surface area contributed by atoms with E-state index in [4.69, 9.17) is 4.52 Å². The van der Waals surface area contributed by atoms with E-state index in [0.717, 1.165) is 25.9 Å². The molecule has 7 heteroatoms. The van der Waals surface area contributed by atoms with Gasteiger partial charge < -0.3 is 14.7 Å². The number of aromatic nitrogens is 1. The van der Waals surface area contributed by atoms with Crippen LogP contribution >= 0.6 is 0 Å². The lowest BCUT2D eigenvalue weighted by molar-refractivity contribution is -0.134. The first-order valence-electron chi connectivity index (χ1n) is 7.36. The lowest BCUT2D eigenvalue weighted by Gasteiger charge is -2.34. The number of hydrogen-bond acceptors (Lipinski definition) is 5. The van der Waals surface area contributed by atoms with Crippen LogP contribution in [0.15, 0.2) is 10.6 Å². The third-order valence-corrected chi connectivity index (χ3v) is 3.87. The first-order valence-corrected chi connectivity index (χ1v) is 7.36. The molecule has 0 unspecified atom stereocenters. The molecule has 2 heterocycles. The van der Waals surface area contributed by atoms with Gasteiger partial charge in [0, 0.05) is 38.2 Å². The van der Waals surface area contributed by atoms with Crippen molar-refractivity contribution in [1.82, 2.24) is 15.0 Å². The summed E-state index contributed by atoms with van der Waals surface area (Å²) >= 11 is 0. The molecule has 0 bridgehead atoms. The van der Waals surface area contributed by atoms with Crippen molar-refractivity contribution in [2.75, 3.05) is 38.0 Å². The van der Waals surface area contributed by atoms with E-state index in [1.807, 2.05) is 4.90 Å². The number of nitrogens with zero attached hydrogens (tertiary/aromatic N) is 3. The molecule has 1 aromatic rings. The van der Waals surface area contributed by atoms with Crippen LogP contribution in [0.1, 0.15) is 18.6 Å². The highest BCUT2D eigenvalue weighted by molar-refractivity contribution is 5.91. The van der Waals surface area contributed by atoms with Gasteiger partial charge in [-0.15, -0.1) is 0 Å². The smallest absolute Gasteiger partial charge is 0.239 e. The lowest BCUT2D eigenvalue weighted by atomic mass is 10.2. The van der Waals surface area contributed by atoms with E-state index in [9.17, 15) is 9.59 Å². The zero-order chi connectivity index (χ0) is 14.8. The van der Waals surface area contributed by atoms with Crippen LogP contribution in [0.25, 0.3) is 0 Å². The molecule has 1 saturated carbocycles. The van der Waals surface area contributed by atoms with Crippen molar-refractivity contribution in [3.8, 4) is 0 Å². The number of amides is 2. The first-order chi connectivity index (χ1) is 10.1. The second-order valence-electron chi connectivity index (χ2n) is 5.75. The van der Waals surface area contributed by atoms with Crippen molar-refractivity contribution in [2.45, 2.75) is 19.8 Å². The van der Waals surface area contributed by atoms with Gasteiger partial charge in [0.15, 0.2) is 5.82 Å². The van der Waals surface area contributed by atoms with E-state index in [2.05, 4.69) is 15.4 Å². The molecular formula is C14H20N4O3. The zero-order valence-corrected chi connectivity index (χ0v) is 12.2. The summed E-state index contributed by atoms with van der Waals surface area (Å²) in [6, 6.07) is 1.68. The summed E-state index contributed by atoms with van der Waals surface area (Å²) in [4.78, 5) is 27.8. The van der Waals surface area contributed by atoms with Gasteiger partial charge in [0.25, 0.3) is 0 Å². The topological polar surface area (TPSA) is 78.7 Å². The Morgan fingerprint density at radius 2 is 2.05 bits per heavy atom. The predicted molar refractivity (Wildman–Crippen MR) is 75.6 cm³/mol. The van der Waals surface area contributed by atoms with Crippen LogP contribution in [-0.2, 0) is 9.59 Å². The third-order valence-electron chi connectivity index (χ3n) is 3.87. The minimum Gasteiger partial charge on any atom is -0.360 e. The molecule has 1 aliphatic carbocycles. The standard InChI is InChI=1S/C14H20N4O3/c1-10-8-12(16-21-10)15-13(19)9-17-4-6-18(7-5-17)14(20)11-2-3-11/h8,11H,2-7,9H2,1H3,(H,15,16,19). The van der Waals surface area contributed by atoms with Crippen molar-refractivity contribution in [3.05, 3.63) is 11.8 Å². The second-order valence-corrected chi connectivity index (χ2v) is 5.75. The van der Waals surface area contributed by atoms with Crippen LogP contribution in [-0.4, -0.2) is 59.5 Å². The third kappa shape index (κ3) is 3.60. The molecule has 1 saturated heterocycles. The van der Waals surface area contributed by atoms with Gasteiger partial charge in [-0.05, 0) is 19.8 Å². The zero-order valence-electron chi connectivity index (χ0n) is 12.2. The SMILES string of the molecule is Cc1cc(NC(=O)CN2CCN(C(=O)C3CC3)CC2)no1. The Kier molecular flexibility index (Phi) is 3.92. The van der Waals surface area contributed by atoms with Crippen molar-refractivity contribution in [3.63, 3.8) is 0 Å². The maximum Gasteiger partial charge on any atom is 0.239 e.